The second-order valence-corrected chi connectivity index (χ2v) is 6.92. The summed E-state index contributed by atoms with van der Waals surface area (Å²) in [6, 6.07) is 0.350. The third kappa shape index (κ3) is 2.85. The van der Waals surface area contributed by atoms with E-state index in [-0.39, 0.29) is 18.1 Å². The molecule has 1 saturated carbocycles. The summed E-state index contributed by atoms with van der Waals surface area (Å²) in [4.78, 5) is 16.7. The lowest BCUT2D eigenvalue weighted by molar-refractivity contribution is -0.144. The zero-order valence-corrected chi connectivity index (χ0v) is 12.6. The average molecular weight is 281 g/mol. The van der Waals surface area contributed by atoms with E-state index in [1.54, 1.807) is 0 Å². The van der Waals surface area contributed by atoms with Gasteiger partial charge < -0.3 is 15.4 Å². The van der Waals surface area contributed by atoms with Crippen molar-refractivity contribution < 1.29 is 9.53 Å². The molecule has 5 nitrogen and oxygen atoms in total. The van der Waals surface area contributed by atoms with Crippen molar-refractivity contribution in [3.05, 3.63) is 0 Å². The lowest BCUT2D eigenvalue weighted by Crippen LogP contribution is -2.51. The number of nitrogens with two attached hydrogens (primary N) is 1. The molecule has 0 bridgehead atoms. The van der Waals surface area contributed by atoms with Gasteiger partial charge in [0.1, 0.15) is 0 Å². The van der Waals surface area contributed by atoms with Crippen LogP contribution in [-0.4, -0.2) is 66.7 Å². The summed E-state index contributed by atoms with van der Waals surface area (Å²) in [7, 11) is 0. The molecule has 0 aromatic carbocycles. The van der Waals surface area contributed by atoms with Crippen LogP contribution in [0.4, 0.5) is 0 Å². The molecule has 2 aliphatic heterocycles. The maximum absolute atomic E-state index is 12.4. The number of morpholine rings is 1. The van der Waals surface area contributed by atoms with Crippen LogP contribution in [0, 0.1) is 11.8 Å². The molecule has 3 rings (SSSR count). The van der Waals surface area contributed by atoms with Gasteiger partial charge in [-0.1, -0.05) is 0 Å². The summed E-state index contributed by atoms with van der Waals surface area (Å²) >= 11 is 0. The van der Waals surface area contributed by atoms with E-state index in [0.29, 0.717) is 18.5 Å². The van der Waals surface area contributed by atoms with Gasteiger partial charge in [0, 0.05) is 32.2 Å². The summed E-state index contributed by atoms with van der Waals surface area (Å²) in [5.41, 5.74) is 6.15. The van der Waals surface area contributed by atoms with Crippen molar-refractivity contribution in [2.45, 2.75) is 44.9 Å². The number of likely N-dealkylation sites (tertiary alicyclic amines) is 1. The highest BCUT2D eigenvalue weighted by atomic mass is 16.5. The van der Waals surface area contributed by atoms with Crippen LogP contribution in [0.1, 0.15) is 26.7 Å². The van der Waals surface area contributed by atoms with Gasteiger partial charge >= 0.3 is 0 Å². The molecule has 5 heteroatoms. The van der Waals surface area contributed by atoms with Gasteiger partial charge in [-0.15, -0.1) is 0 Å². The number of ether oxygens (including phenoxy) is 1. The molecule has 20 heavy (non-hydrogen) atoms. The van der Waals surface area contributed by atoms with Crippen LogP contribution in [0.15, 0.2) is 0 Å². The molecule has 2 N–H and O–H groups in total. The first-order valence-corrected chi connectivity index (χ1v) is 7.94. The quantitative estimate of drug-likeness (QED) is 0.790. The van der Waals surface area contributed by atoms with Crippen molar-refractivity contribution >= 4 is 5.91 Å². The lowest BCUT2D eigenvalue weighted by atomic mass is 9.98. The fourth-order valence-corrected chi connectivity index (χ4v) is 4.20. The number of carbonyl (C=O) groups excluding carboxylic acids is 1. The van der Waals surface area contributed by atoms with Crippen LogP contribution in [-0.2, 0) is 9.53 Å². The van der Waals surface area contributed by atoms with Gasteiger partial charge in [0.15, 0.2) is 0 Å². The van der Waals surface area contributed by atoms with Gasteiger partial charge in [-0.05, 0) is 38.5 Å². The van der Waals surface area contributed by atoms with E-state index >= 15 is 0 Å². The molecule has 2 saturated heterocycles. The molecule has 0 radical (unpaired) electrons. The maximum Gasteiger partial charge on any atom is 0.236 e. The number of nitrogens with zero attached hydrogens (tertiary/aromatic N) is 2. The Kier molecular flexibility index (Phi) is 4.02. The number of amides is 1. The van der Waals surface area contributed by atoms with E-state index in [1.807, 2.05) is 18.7 Å². The van der Waals surface area contributed by atoms with Crippen LogP contribution < -0.4 is 5.73 Å². The highest BCUT2D eigenvalue weighted by Gasteiger charge is 2.41. The zero-order chi connectivity index (χ0) is 14.3. The van der Waals surface area contributed by atoms with E-state index in [4.69, 9.17) is 10.5 Å². The first-order valence-electron chi connectivity index (χ1n) is 7.94. The number of hydrogen-bond acceptors (Lipinski definition) is 4. The van der Waals surface area contributed by atoms with E-state index in [1.165, 1.54) is 6.42 Å². The Hall–Kier alpha value is -0.650. The predicted molar refractivity (Wildman–Crippen MR) is 77.2 cm³/mol. The van der Waals surface area contributed by atoms with Crippen molar-refractivity contribution in [3.63, 3.8) is 0 Å². The standard InChI is InChI=1S/C15H27N3O2/c1-10-5-18(6-11(2)20-10)15(19)9-17-7-12-3-4-14(16)13(12)8-17/h10-14H,3-9,16H2,1-2H3. The highest BCUT2D eigenvalue weighted by Crippen LogP contribution is 2.36. The number of rotatable bonds is 2. The van der Waals surface area contributed by atoms with Crippen LogP contribution in [0.5, 0.6) is 0 Å². The second-order valence-electron chi connectivity index (χ2n) is 6.92. The van der Waals surface area contributed by atoms with Gasteiger partial charge in [-0.2, -0.15) is 0 Å². The minimum absolute atomic E-state index is 0.147. The van der Waals surface area contributed by atoms with Crippen LogP contribution in [0.3, 0.4) is 0 Å². The fraction of sp³-hybridized carbons (Fsp3) is 0.933. The van der Waals surface area contributed by atoms with E-state index in [9.17, 15) is 4.79 Å². The summed E-state index contributed by atoms with van der Waals surface area (Å²) in [5, 5.41) is 0. The predicted octanol–water partition coefficient (Wildman–Crippen LogP) is 0.291. The Labute approximate surface area is 121 Å². The Balaban J connectivity index is 1.52. The second kappa shape index (κ2) is 5.62. The first-order chi connectivity index (χ1) is 9.52. The number of hydrogen-bond donors (Lipinski definition) is 1. The first kappa shape index (κ1) is 14.3. The van der Waals surface area contributed by atoms with Gasteiger partial charge in [-0.25, -0.2) is 0 Å². The minimum atomic E-state index is 0.147. The number of fused-ring (bicyclic) bond motifs is 1. The monoisotopic (exact) mass is 281 g/mol. The molecule has 3 aliphatic rings. The third-order valence-corrected chi connectivity index (χ3v) is 5.12. The summed E-state index contributed by atoms with van der Waals surface area (Å²) in [5.74, 6) is 1.59. The average Bonchev–Trinajstić information content (AvgIpc) is 2.91. The molecule has 114 valence electrons. The topological polar surface area (TPSA) is 58.8 Å². The molecule has 0 aromatic heterocycles. The molecule has 1 aliphatic carbocycles. The van der Waals surface area contributed by atoms with Crippen molar-refractivity contribution in [2.75, 3.05) is 32.7 Å². The Bertz CT molecular complexity index is 366. The number of carbonyl (C=O) groups is 1. The molecule has 2 heterocycles. The summed E-state index contributed by atoms with van der Waals surface area (Å²) in [6.45, 7) is 8.14. The van der Waals surface area contributed by atoms with E-state index in [0.717, 1.165) is 38.5 Å². The van der Waals surface area contributed by atoms with E-state index in [2.05, 4.69) is 4.90 Å². The Morgan fingerprint density at radius 1 is 1.15 bits per heavy atom. The lowest BCUT2D eigenvalue weighted by Gasteiger charge is -2.36. The van der Waals surface area contributed by atoms with Crippen molar-refractivity contribution in [1.82, 2.24) is 9.80 Å². The minimum Gasteiger partial charge on any atom is -0.372 e. The SMILES string of the molecule is CC1CN(C(=O)CN2CC3CCC(N)C3C2)CC(C)O1. The maximum atomic E-state index is 12.4. The van der Waals surface area contributed by atoms with Gasteiger partial charge in [0.2, 0.25) is 5.91 Å². The summed E-state index contributed by atoms with van der Waals surface area (Å²) < 4.78 is 5.69. The van der Waals surface area contributed by atoms with Crippen molar-refractivity contribution in [3.8, 4) is 0 Å². The molecular formula is C15H27N3O2. The highest BCUT2D eigenvalue weighted by molar-refractivity contribution is 5.78. The third-order valence-electron chi connectivity index (χ3n) is 5.12. The van der Waals surface area contributed by atoms with E-state index < -0.39 is 0 Å². The molecule has 5 unspecified atom stereocenters. The molecule has 0 spiro atoms. The normalized spacial score (nSPS) is 42.0. The molecule has 5 atom stereocenters. The molecular weight excluding hydrogens is 254 g/mol. The largest absolute Gasteiger partial charge is 0.372 e. The molecule has 0 aromatic rings. The van der Waals surface area contributed by atoms with Crippen LogP contribution in [0.2, 0.25) is 0 Å². The molecule has 3 fully saturated rings. The smallest absolute Gasteiger partial charge is 0.236 e. The Morgan fingerprint density at radius 3 is 2.50 bits per heavy atom. The van der Waals surface area contributed by atoms with Crippen molar-refractivity contribution in [2.24, 2.45) is 17.6 Å². The van der Waals surface area contributed by atoms with Crippen molar-refractivity contribution in [1.29, 1.82) is 0 Å². The zero-order valence-electron chi connectivity index (χ0n) is 12.6. The van der Waals surface area contributed by atoms with Crippen LogP contribution >= 0.6 is 0 Å². The van der Waals surface area contributed by atoms with Gasteiger partial charge in [0.05, 0.1) is 18.8 Å². The Morgan fingerprint density at radius 2 is 1.85 bits per heavy atom. The fourth-order valence-electron chi connectivity index (χ4n) is 4.20. The van der Waals surface area contributed by atoms with Gasteiger partial charge in [-0.3, -0.25) is 9.69 Å². The van der Waals surface area contributed by atoms with Gasteiger partial charge in [0.25, 0.3) is 0 Å². The van der Waals surface area contributed by atoms with Crippen LogP contribution in [0.25, 0.3) is 0 Å². The molecule has 1 amide bonds. The summed E-state index contributed by atoms with van der Waals surface area (Å²) in [6.07, 6.45) is 2.70.